The van der Waals surface area contributed by atoms with Crippen LogP contribution in [0.1, 0.15) is 5.69 Å². The average molecular weight is 256 g/mol. The molecule has 0 radical (unpaired) electrons. The van der Waals surface area contributed by atoms with Crippen molar-refractivity contribution in [2.45, 2.75) is 11.8 Å². The Morgan fingerprint density at radius 3 is 3.06 bits per heavy atom. The summed E-state index contributed by atoms with van der Waals surface area (Å²) in [6, 6.07) is 3.53. The zero-order valence-electron chi connectivity index (χ0n) is 9.06. The van der Waals surface area contributed by atoms with Gasteiger partial charge in [-0.1, -0.05) is 0 Å². The summed E-state index contributed by atoms with van der Waals surface area (Å²) < 4.78 is 0. The molecular formula is C11H16N2OS2. The summed E-state index contributed by atoms with van der Waals surface area (Å²) in [6.07, 6.45) is 1.49. The molecule has 1 aromatic rings. The van der Waals surface area contributed by atoms with E-state index in [0.29, 0.717) is 0 Å². The fourth-order valence-electron chi connectivity index (χ4n) is 1.54. The van der Waals surface area contributed by atoms with Gasteiger partial charge in [-0.2, -0.15) is 23.5 Å². The van der Waals surface area contributed by atoms with Crippen molar-refractivity contribution in [1.82, 2.24) is 10.3 Å². The molecule has 1 aliphatic heterocycles. The van der Waals surface area contributed by atoms with Crippen LogP contribution in [0.2, 0.25) is 0 Å². The van der Waals surface area contributed by atoms with Crippen LogP contribution in [0.5, 0.6) is 5.75 Å². The quantitative estimate of drug-likeness (QED) is 0.859. The van der Waals surface area contributed by atoms with Crippen LogP contribution in [-0.2, 0) is 6.54 Å². The van der Waals surface area contributed by atoms with E-state index in [-0.39, 0.29) is 5.75 Å². The smallest absolute Gasteiger partial charge is 0.133 e. The van der Waals surface area contributed by atoms with Gasteiger partial charge in [0, 0.05) is 35.6 Å². The zero-order valence-corrected chi connectivity index (χ0v) is 10.7. The Bertz CT molecular complexity index is 312. The number of rotatable bonds is 4. The van der Waals surface area contributed by atoms with Crippen molar-refractivity contribution < 1.29 is 5.11 Å². The van der Waals surface area contributed by atoms with E-state index in [1.165, 1.54) is 23.5 Å². The third kappa shape index (κ3) is 3.88. The van der Waals surface area contributed by atoms with Crippen LogP contribution in [0, 0.1) is 0 Å². The van der Waals surface area contributed by atoms with E-state index >= 15 is 0 Å². The van der Waals surface area contributed by atoms with Crippen molar-refractivity contribution in [2.75, 3.05) is 23.8 Å². The first-order valence-corrected chi connectivity index (χ1v) is 7.59. The van der Waals surface area contributed by atoms with Gasteiger partial charge in [0.1, 0.15) is 5.75 Å². The Hall–Kier alpha value is -0.390. The lowest BCUT2D eigenvalue weighted by Crippen LogP contribution is -2.28. The monoisotopic (exact) mass is 256 g/mol. The van der Waals surface area contributed by atoms with E-state index in [1.54, 1.807) is 6.07 Å². The second-order valence-corrected chi connectivity index (χ2v) is 6.26. The number of nitrogens with zero attached hydrogens (tertiary/aromatic N) is 1. The summed E-state index contributed by atoms with van der Waals surface area (Å²) in [7, 11) is 0. The number of aromatic nitrogens is 1. The van der Waals surface area contributed by atoms with Crippen molar-refractivity contribution in [3.63, 3.8) is 0 Å². The highest BCUT2D eigenvalue weighted by molar-refractivity contribution is 8.06. The molecule has 0 bridgehead atoms. The lowest BCUT2D eigenvalue weighted by Gasteiger charge is -2.21. The first-order chi connectivity index (χ1) is 7.84. The average Bonchev–Trinajstić information content (AvgIpc) is 2.33. The third-order valence-electron chi connectivity index (χ3n) is 2.37. The van der Waals surface area contributed by atoms with Gasteiger partial charge < -0.3 is 10.4 Å². The van der Waals surface area contributed by atoms with E-state index in [0.717, 1.165) is 24.0 Å². The van der Waals surface area contributed by atoms with Gasteiger partial charge >= 0.3 is 0 Å². The van der Waals surface area contributed by atoms with Crippen LogP contribution in [0.3, 0.4) is 0 Å². The molecule has 2 N–H and O–H groups in total. The van der Waals surface area contributed by atoms with Crippen LogP contribution < -0.4 is 5.32 Å². The predicted molar refractivity (Wildman–Crippen MR) is 71.2 cm³/mol. The van der Waals surface area contributed by atoms with Crippen LogP contribution >= 0.6 is 23.5 Å². The fourth-order valence-corrected chi connectivity index (χ4v) is 4.18. The van der Waals surface area contributed by atoms with Crippen LogP contribution in [0.4, 0.5) is 0 Å². The number of pyridine rings is 1. The molecule has 0 aromatic carbocycles. The van der Waals surface area contributed by atoms with Gasteiger partial charge in [-0.05, 0) is 12.1 Å². The molecule has 1 atom stereocenters. The van der Waals surface area contributed by atoms with Crippen molar-refractivity contribution >= 4 is 23.5 Å². The molecule has 1 unspecified atom stereocenters. The molecule has 88 valence electrons. The summed E-state index contributed by atoms with van der Waals surface area (Å²) in [5.74, 6) is 4.04. The molecule has 0 amide bonds. The van der Waals surface area contributed by atoms with Crippen LogP contribution in [0.15, 0.2) is 18.3 Å². The topological polar surface area (TPSA) is 45.1 Å². The SMILES string of the molecule is Oc1ccc(CNCC2CSCCS2)nc1. The first kappa shape index (κ1) is 12.1. The second-order valence-electron chi connectivity index (χ2n) is 3.71. The maximum Gasteiger partial charge on any atom is 0.133 e. The molecule has 1 saturated heterocycles. The molecule has 5 heteroatoms. The zero-order chi connectivity index (χ0) is 11.2. The van der Waals surface area contributed by atoms with Crippen molar-refractivity contribution in [3.05, 3.63) is 24.0 Å². The molecule has 1 aromatic heterocycles. The van der Waals surface area contributed by atoms with Gasteiger partial charge in [0.05, 0.1) is 11.9 Å². The van der Waals surface area contributed by atoms with Gasteiger partial charge in [0.2, 0.25) is 0 Å². The highest BCUT2D eigenvalue weighted by atomic mass is 32.2. The first-order valence-electron chi connectivity index (χ1n) is 5.38. The van der Waals surface area contributed by atoms with Crippen LogP contribution in [0.25, 0.3) is 0 Å². The van der Waals surface area contributed by atoms with Crippen LogP contribution in [-0.4, -0.2) is 39.1 Å². The maximum atomic E-state index is 9.10. The summed E-state index contributed by atoms with van der Waals surface area (Å²) in [5.41, 5.74) is 0.978. The molecule has 3 nitrogen and oxygen atoms in total. The predicted octanol–water partition coefficient (Wildman–Crippen LogP) is 1.73. The normalized spacial score (nSPS) is 20.9. The molecule has 2 heterocycles. The fraction of sp³-hybridized carbons (Fsp3) is 0.545. The molecular weight excluding hydrogens is 240 g/mol. The van der Waals surface area contributed by atoms with Crippen molar-refractivity contribution in [1.29, 1.82) is 0 Å². The standard InChI is InChI=1S/C11H16N2OS2/c14-10-2-1-9(13-6-10)5-12-7-11-8-15-3-4-16-11/h1-2,6,11-12,14H,3-5,7-8H2. The summed E-state index contributed by atoms with van der Waals surface area (Å²) in [4.78, 5) is 4.14. The summed E-state index contributed by atoms with van der Waals surface area (Å²) in [5, 5.41) is 13.2. The highest BCUT2D eigenvalue weighted by Gasteiger charge is 2.13. The van der Waals surface area contributed by atoms with E-state index in [1.807, 2.05) is 17.8 Å². The number of aromatic hydroxyl groups is 1. The lowest BCUT2D eigenvalue weighted by atomic mass is 10.3. The molecule has 1 aliphatic rings. The van der Waals surface area contributed by atoms with E-state index in [2.05, 4.69) is 22.1 Å². The Morgan fingerprint density at radius 1 is 1.44 bits per heavy atom. The van der Waals surface area contributed by atoms with E-state index in [9.17, 15) is 0 Å². The lowest BCUT2D eigenvalue weighted by molar-refractivity contribution is 0.471. The van der Waals surface area contributed by atoms with E-state index < -0.39 is 0 Å². The Balaban J connectivity index is 1.69. The molecule has 0 saturated carbocycles. The van der Waals surface area contributed by atoms with Gasteiger partial charge in [-0.15, -0.1) is 0 Å². The van der Waals surface area contributed by atoms with E-state index in [4.69, 9.17) is 5.11 Å². The highest BCUT2D eigenvalue weighted by Crippen LogP contribution is 2.23. The number of hydrogen-bond donors (Lipinski definition) is 2. The number of nitrogens with one attached hydrogen (secondary N) is 1. The van der Waals surface area contributed by atoms with Crippen molar-refractivity contribution in [2.24, 2.45) is 0 Å². The Morgan fingerprint density at radius 2 is 2.38 bits per heavy atom. The Kier molecular flexibility index (Phi) is 4.81. The minimum absolute atomic E-state index is 0.225. The molecule has 0 aliphatic carbocycles. The maximum absolute atomic E-state index is 9.10. The van der Waals surface area contributed by atoms with Gasteiger partial charge in [-0.25, -0.2) is 0 Å². The minimum Gasteiger partial charge on any atom is -0.506 e. The van der Waals surface area contributed by atoms with Gasteiger partial charge in [0.15, 0.2) is 0 Å². The molecule has 2 rings (SSSR count). The third-order valence-corrected chi connectivity index (χ3v) is 5.22. The number of thioether (sulfide) groups is 2. The second kappa shape index (κ2) is 6.37. The Labute approximate surface area is 104 Å². The molecule has 1 fully saturated rings. The number of hydrogen-bond acceptors (Lipinski definition) is 5. The minimum atomic E-state index is 0.225. The van der Waals surface area contributed by atoms with Crippen molar-refractivity contribution in [3.8, 4) is 5.75 Å². The van der Waals surface area contributed by atoms with Gasteiger partial charge in [-0.3, -0.25) is 4.98 Å². The largest absolute Gasteiger partial charge is 0.506 e. The van der Waals surface area contributed by atoms with Gasteiger partial charge in [0.25, 0.3) is 0 Å². The molecule has 16 heavy (non-hydrogen) atoms. The molecule has 0 spiro atoms. The summed E-state index contributed by atoms with van der Waals surface area (Å²) >= 11 is 4.10. The summed E-state index contributed by atoms with van der Waals surface area (Å²) in [6.45, 7) is 1.82.